The average molecular weight is 158 g/mol. The minimum atomic E-state index is -3.69. The van der Waals surface area contributed by atoms with E-state index >= 15 is 0 Å². The molecule has 0 saturated carbocycles. The van der Waals surface area contributed by atoms with Gasteiger partial charge < -0.3 is 4.89 Å². The van der Waals surface area contributed by atoms with Crippen molar-refractivity contribution >= 4 is 7.82 Å². The lowest BCUT2D eigenvalue weighted by Gasteiger charge is -2.07. The zero-order chi connectivity index (χ0) is 7.33. The Hall–Kier alpha value is 0.110. The summed E-state index contributed by atoms with van der Waals surface area (Å²) in [6.07, 6.45) is 0. The van der Waals surface area contributed by atoms with Crippen LogP contribution in [0.4, 0.5) is 0 Å². The molecule has 5 heteroatoms. The van der Waals surface area contributed by atoms with Crippen LogP contribution in [0.5, 0.6) is 0 Å². The Balaban J connectivity index is 3.58. The molecule has 9 heavy (non-hydrogen) atoms. The first kappa shape index (κ1) is 9.11. The molecule has 0 rings (SSSR count). The molecule has 0 spiro atoms. The van der Waals surface area contributed by atoms with Crippen molar-refractivity contribution in [2.24, 2.45) is 0 Å². The Bertz CT molecular complexity index is 103. The highest BCUT2D eigenvalue weighted by atomic mass is 31.2. The van der Waals surface area contributed by atoms with Crippen LogP contribution < -0.4 is 0 Å². The highest BCUT2D eigenvalue weighted by Gasteiger charge is 2.17. The Morgan fingerprint density at radius 1 is 1.33 bits per heavy atom. The lowest BCUT2D eigenvalue weighted by Crippen LogP contribution is -1.93. The molecule has 0 aromatic carbocycles. The molecule has 0 atom stereocenters. The third kappa shape index (κ3) is 4.60. The monoisotopic (exact) mass is 158 g/mol. The molecule has 0 amide bonds. The maximum absolute atomic E-state index is 10.5. The first-order valence-corrected chi connectivity index (χ1v) is 4.23. The van der Waals surface area contributed by atoms with Crippen LogP contribution in [0.25, 0.3) is 0 Å². The molecule has 4 nitrogen and oxygen atoms in total. The summed E-state index contributed by atoms with van der Waals surface area (Å²) in [7, 11) is -3.69. The van der Waals surface area contributed by atoms with Crippen LogP contribution in [0.1, 0.15) is 13.8 Å². The highest BCUT2D eigenvalue weighted by Crippen LogP contribution is 2.42. The Morgan fingerprint density at radius 3 is 1.89 bits per heavy atom. The van der Waals surface area contributed by atoms with Crippen molar-refractivity contribution in [2.75, 3.05) is 13.2 Å². The van der Waals surface area contributed by atoms with Gasteiger partial charge in [-0.05, 0) is 13.8 Å². The van der Waals surface area contributed by atoms with E-state index in [9.17, 15) is 4.57 Å². The number of phosphoric acid groups is 1. The van der Waals surface area contributed by atoms with Gasteiger partial charge in [-0.15, -0.1) is 0 Å². The molecule has 0 unspecified atom stereocenters. The Kier molecular flexibility index (Phi) is 4.06. The van der Waals surface area contributed by atoms with Crippen molar-refractivity contribution in [3.63, 3.8) is 0 Å². The molecule has 0 aliphatic heterocycles. The van der Waals surface area contributed by atoms with E-state index in [4.69, 9.17) is 4.89 Å². The maximum Gasteiger partial charge on any atom is 0.472 e. The number of phosphoric ester groups is 1. The van der Waals surface area contributed by atoms with Crippen LogP contribution in [0, 0.1) is 0 Å². The second-order valence-electron chi connectivity index (χ2n) is 1.30. The van der Waals surface area contributed by atoms with Gasteiger partial charge in [0, 0.05) is 0 Å². The lowest BCUT2D eigenvalue weighted by molar-refractivity contribution is 0.161. The molecule has 1 N–H and O–H groups in total. The molecule has 0 saturated heterocycles. The topological polar surface area (TPSA) is 55.8 Å². The Morgan fingerprint density at radius 2 is 1.67 bits per heavy atom. The van der Waals surface area contributed by atoms with Crippen LogP contribution in [0.15, 0.2) is 0 Å². The van der Waals surface area contributed by atoms with Crippen molar-refractivity contribution in [3.8, 4) is 0 Å². The van der Waals surface area contributed by atoms with Crippen LogP contribution >= 0.6 is 7.82 Å². The zero-order valence-electron chi connectivity index (χ0n) is 5.53. The highest BCUT2D eigenvalue weighted by molar-refractivity contribution is 7.47. The van der Waals surface area contributed by atoms with Crippen molar-refractivity contribution in [1.82, 2.24) is 0 Å². The third-order valence-corrected chi connectivity index (χ3v) is 1.75. The Labute approximate surface area is 54.4 Å². The second-order valence-corrected chi connectivity index (χ2v) is 2.76. The predicted octanol–water partition coefficient (Wildman–Crippen LogP) is 1.16. The van der Waals surface area contributed by atoms with E-state index in [1.807, 2.05) is 0 Å². The standard InChI is InChI=1S/C4H11O4P/c1-3-7-9(5,6)8-4-2/h3-4H2,1-2H3,(H,5,6)/i1+1,2+1,3+1,4+1. The van der Waals surface area contributed by atoms with Crippen molar-refractivity contribution in [2.45, 2.75) is 13.8 Å². The summed E-state index contributed by atoms with van der Waals surface area (Å²) in [6.45, 7) is 3.63. The molecule has 0 bridgehead atoms. The SMILES string of the molecule is [13CH3][13CH2]OP(=O)(O)O[13CH2][13CH3]. The fourth-order valence-corrected chi connectivity index (χ4v) is 1.09. The van der Waals surface area contributed by atoms with Crippen LogP contribution in [0.2, 0.25) is 0 Å². The van der Waals surface area contributed by atoms with Crippen LogP contribution in [-0.4, -0.2) is 18.1 Å². The van der Waals surface area contributed by atoms with Gasteiger partial charge >= 0.3 is 7.82 Å². The summed E-state index contributed by atoms with van der Waals surface area (Å²) in [5.41, 5.74) is 0. The van der Waals surface area contributed by atoms with Crippen molar-refractivity contribution in [3.05, 3.63) is 0 Å². The van der Waals surface area contributed by atoms with Gasteiger partial charge in [0.2, 0.25) is 0 Å². The number of rotatable bonds is 4. The minimum absolute atomic E-state index is 0.188. The zero-order valence-corrected chi connectivity index (χ0v) is 6.43. The quantitative estimate of drug-likeness (QED) is 0.492. The van der Waals surface area contributed by atoms with Gasteiger partial charge in [-0.3, -0.25) is 9.05 Å². The van der Waals surface area contributed by atoms with Gasteiger partial charge in [0.05, 0.1) is 13.2 Å². The van der Waals surface area contributed by atoms with E-state index in [2.05, 4.69) is 9.05 Å². The van der Waals surface area contributed by atoms with E-state index in [1.54, 1.807) is 13.8 Å². The first-order valence-electron chi connectivity index (χ1n) is 2.74. The summed E-state index contributed by atoms with van der Waals surface area (Å²) >= 11 is 0. The number of hydrogen-bond donors (Lipinski definition) is 1. The molecule has 0 heterocycles. The normalized spacial score (nSPS) is 11.9. The second kappa shape index (κ2) is 4.01. The predicted molar refractivity (Wildman–Crippen MR) is 33.1 cm³/mol. The fraction of sp³-hybridized carbons (Fsp3) is 1.00. The third-order valence-electron chi connectivity index (χ3n) is 0.584. The van der Waals surface area contributed by atoms with Crippen molar-refractivity contribution < 1.29 is 18.5 Å². The smallest absolute Gasteiger partial charge is 0.302 e. The first-order chi connectivity index (χ1) is 4.12. The summed E-state index contributed by atoms with van der Waals surface area (Å²) < 4.78 is 19.2. The molecule has 56 valence electrons. The van der Waals surface area contributed by atoms with Gasteiger partial charge in [0.1, 0.15) is 0 Å². The van der Waals surface area contributed by atoms with E-state index < -0.39 is 7.82 Å². The van der Waals surface area contributed by atoms with E-state index in [0.717, 1.165) is 0 Å². The summed E-state index contributed by atoms with van der Waals surface area (Å²) in [6, 6.07) is 0. The molecule has 0 aromatic rings. The molecule has 0 aliphatic rings. The summed E-state index contributed by atoms with van der Waals surface area (Å²) in [5.74, 6) is 0. The van der Waals surface area contributed by atoms with E-state index in [1.165, 1.54) is 0 Å². The van der Waals surface area contributed by atoms with E-state index in [0.29, 0.717) is 0 Å². The van der Waals surface area contributed by atoms with Gasteiger partial charge in [0.25, 0.3) is 0 Å². The molecule has 0 aliphatic carbocycles. The van der Waals surface area contributed by atoms with Gasteiger partial charge in [-0.2, -0.15) is 0 Å². The minimum Gasteiger partial charge on any atom is -0.302 e. The molecule has 0 radical (unpaired) electrons. The number of hydrogen-bond acceptors (Lipinski definition) is 3. The molecule has 0 aromatic heterocycles. The fourth-order valence-electron chi connectivity index (χ4n) is 0.364. The molecule has 0 fully saturated rings. The maximum atomic E-state index is 10.5. The average Bonchev–Trinajstić information content (AvgIpc) is 1.64. The lowest BCUT2D eigenvalue weighted by atomic mass is 11.9. The van der Waals surface area contributed by atoms with Gasteiger partial charge in [0.15, 0.2) is 0 Å². The summed E-state index contributed by atoms with van der Waals surface area (Å²) in [5, 5.41) is 0. The van der Waals surface area contributed by atoms with Gasteiger partial charge in [-0.25, -0.2) is 4.57 Å². The molecular formula is C4H11O4P. The van der Waals surface area contributed by atoms with E-state index in [-0.39, 0.29) is 13.2 Å². The summed E-state index contributed by atoms with van der Waals surface area (Å²) in [4.78, 5) is 8.63. The largest absolute Gasteiger partial charge is 0.472 e. The van der Waals surface area contributed by atoms with Crippen molar-refractivity contribution in [1.29, 1.82) is 0 Å². The van der Waals surface area contributed by atoms with Gasteiger partial charge in [-0.1, -0.05) is 0 Å². The van der Waals surface area contributed by atoms with Crippen LogP contribution in [0.3, 0.4) is 0 Å². The van der Waals surface area contributed by atoms with Crippen LogP contribution in [-0.2, 0) is 13.6 Å². The molecular weight excluding hydrogens is 147 g/mol.